The van der Waals surface area contributed by atoms with Crippen molar-refractivity contribution >= 4 is 44.0 Å². The quantitative estimate of drug-likeness (QED) is 0.904. The van der Waals surface area contributed by atoms with Crippen molar-refractivity contribution in [2.45, 2.75) is 0 Å². The smallest absolute Gasteiger partial charge is 0.388 e. The van der Waals surface area contributed by atoms with Gasteiger partial charge in [-0.1, -0.05) is 22.0 Å². The molecule has 18 heavy (non-hydrogen) atoms. The monoisotopic (exact) mass is 327 g/mol. The van der Waals surface area contributed by atoms with Gasteiger partial charge in [-0.25, -0.2) is 9.78 Å². The molecule has 0 bridgehead atoms. The Morgan fingerprint density at radius 2 is 2.33 bits per heavy atom. The summed E-state index contributed by atoms with van der Waals surface area (Å²) in [4.78, 5) is 15.6. The second-order valence-electron chi connectivity index (χ2n) is 3.26. The molecule has 2 rings (SSSR count). The molecule has 0 spiro atoms. The van der Waals surface area contributed by atoms with Gasteiger partial charge in [-0.2, -0.15) is 0 Å². The first-order chi connectivity index (χ1) is 8.69. The van der Waals surface area contributed by atoms with Gasteiger partial charge in [0, 0.05) is 17.2 Å². The lowest BCUT2D eigenvalue weighted by Crippen LogP contribution is -2.17. The summed E-state index contributed by atoms with van der Waals surface area (Å²) < 4.78 is 5.97. The summed E-state index contributed by atoms with van der Waals surface area (Å²) in [6.07, 6.45) is -0.574. The van der Waals surface area contributed by atoms with E-state index >= 15 is 0 Å². The number of benzene rings is 1. The molecule has 1 aromatic carbocycles. The third kappa shape index (κ3) is 3.21. The number of amides is 1. The molecule has 0 saturated carbocycles. The van der Waals surface area contributed by atoms with Crippen LogP contribution in [0.1, 0.15) is 0 Å². The van der Waals surface area contributed by atoms with E-state index in [-0.39, 0.29) is 5.88 Å². The van der Waals surface area contributed by atoms with Gasteiger partial charge in [0.1, 0.15) is 0 Å². The fourth-order valence-electron chi connectivity index (χ4n) is 1.27. The van der Waals surface area contributed by atoms with Crippen molar-refractivity contribution in [3.63, 3.8) is 0 Å². The maximum Gasteiger partial charge on any atom is 0.418 e. The van der Waals surface area contributed by atoms with E-state index in [1.165, 1.54) is 11.3 Å². The van der Waals surface area contributed by atoms with Crippen LogP contribution in [0.3, 0.4) is 0 Å². The summed E-state index contributed by atoms with van der Waals surface area (Å²) in [5.41, 5.74) is 2.25. The average Bonchev–Trinajstić information content (AvgIpc) is 2.76. The fraction of sp³-hybridized carbons (Fsp3) is 0.0909. The van der Waals surface area contributed by atoms with Crippen LogP contribution in [0, 0.1) is 0 Å². The van der Waals surface area contributed by atoms with Crippen LogP contribution in [0.4, 0.5) is 15.5 Å². The molecule has 0 atom stereocenters. The summed E-state index contributed by atoms with van der Waals surface area (Å²) in [7, 11) is 1.74. The molecule has 1 aromatic heterocycles. The van der Waals surface area contributed by atoms with Gasteiger partial charge in [-0.3, -0.25) is 5.32 Å². The number of rotatable bonds is 3. The lowest BCUT2D eigenvalue weighted by Gasteiger charge is -2.06. The molecule has 2 aromatic rings. The maximum atomic E-state index is 11.6. The normalized spacial score (nSPS) is 9.89. The number of hydrogen-bond acceptors (Lipinski definition) is 5. The highest BCUT2D eigenvalue weighted by molar-refractivity contribution is 9.10. The molecule has 0 radical (unpaired) electrons. The minimum atomic E-state index is -0.574. The zero-order chi connectivity index (χ0) is 13.0. The van der Waals surface area contributed by atoms with Gasteiger partial charge < -0.3 is 10.1 Å². The first kappa shape index (κ1) is 12.8. The summed E-state index contributed by atoms with van der Waals surface area (Å²) in [6.45, 7) is 0. The van der Waals surface area contributed by atoms with Gasteiger partial charge in [0.2, 0.25) is 0 Å². The van der Waals surface area contributed by atoms with Crippen LogP contribution in [-0.2, 0) is 0 Å². The third-order valence-corrected chi connectivity index (χ3v) is 3.34. The van der Waals surface area contributed by atoms with Crippen molar-refractivity contribution in [3.8, 4) is 5.88 Å². The van der Waals surface area contributed by atoms with E-state index in [2.05, 4.69) is 31.5 Å². The van der Waals surface area contributed by atoms with Crippen molar-refractivity contribution in [1.29, 1.82) is 0 Å². The van der Waals surface area contributed by atoms with Crippen LogP contribution in [0.15, 0.2) is 34.2 Å². The molecule has 0 aliphatic heterocycles. The number of carbonyl (C=O) groups is 1. The van der Waals surface area contributed by atoms with Crippen molar-refractivity contribution in [3.05, 3.63) is 34.2 Å². The first-order valence-corrected chi connectivity index (χ1v) is 6.72. The van der Waals surface area contributed by atoms with Gasteiger partial charge in [0.15, 0.2) is 5.00 Å². The van der Waals surface area contributed by atoms with E-state index < -0.39 is 6.09 Å². The largest absolute Gasteiger partial charge is 0.418 e. The molecule has 0 fully saturated rings. The van der Waals surface area contributed by atoms with Gasteiger partial charge in [-0.15, -0.1) is 11.3 Å². The van der Waals surface area contributed by atoms with Gasteiger partial charge in [0.25, 0.3) is 5.88 Å². The molecule has 2 N–H and O–H groups in total. The summed E-state index contributed by atoms with van der Waals surface area (Å²) >= 11 is 4.69. The molecular weight excluding hydrogens is 318 g/mol. The molecule has 0 aliphatic carbocycles. The Morgan fingerprint density at radius 1 is 1.50 bits per heavy atom. The molecular formula is C11H10BrN3O2S. The summed E-state index contributed by atoms with van der Waals surface area (Å²) in [5, 5.41) is 6.22. The number of halogens is 1. The Hall–Kier alpha value is -1.60. The van der Waals surface area contributed by atoms with Gasteiger partial charge in [0.05, 0.1) is 5.51 Å². The number of nitrogens with zero attached hydrogens (tertiary/aromatic N) is 1. The summed E-state index contributed by atoms with van der Waals surface area (Å²) in [5.74, 6) is 0.273. The van der Waals surface area contributed by atoms with Crippen LogP contribution in [0.25, 0.3) is 0 Å². The Kier molecular flexibility index (Phi) is 4.16. The molecule has 5 nitrogen and oxygen atoms in total. The second-order valence-corrected chi connectivity index (χ2v) is 5.03. The van der Waals surface area contributed by atoms with Crippen LogP contribution in [0.2, 0.25) is 0 Å². The Labute approximate surface area is 116 Å². The zero-order valence-electron chi connectivity index (χ0n) is 9.44. The highest BCUT2D eigenvalue weighted by Gasteiger charge is 2.11. The minimum absolute atomic E-state index is 0.273. The topological polar surface area (TPSA) is 63.3 Å². The predicted octanol–water partition coefficient (Wildman–Crippen LogP) is 3.56. The van der Waals surface area contributed by atoms with E-state index in [4.69, 9.17) is 4.74 Å². The standard InChI is InChI=1S/C11H10BrN3O2S/c1-13-10-9(14-6-18-10)17-11(16)15-8-4-2-3-7(12)5-8/h2-6,13H,1H3,(H,15,16). The van der Waals surface area contributed by atoms with Gasteiger partial charge >= 0.3 is 6.09 Å². The van der Waals surface area contributed by atoms with Crippen LogP contribution in [-0.4, -0.2) is 18.1 Å². The van der Waals surface area contributed by atoms with Crippen molar-refractivity contribution < 1.29 is 9.53 Å². The van der Waals surface area contributed by atoms with Crippen molar-refractivity contribution in [2.24, 2.45) is 0 Å². The molecule has 0 aliphatic rings. The number of anilines is 2. The van der Waals surface area contributed by atoms with E-state index in [1.807, 2.05) is 12.1 Å². The molecule has 7 heteroatoms. The first-order valence-electron chi connectivity index (χ1n) is 5.04. The third-order valence-electron chi connectivity index (χ3n) is 2.02. The predicted molar refractivity (Wildman–Crippen MR) is 75.4 cm³/mol. The Balaban J connectivity index is 2.01. The highest BCUT2D eigenvalue weighted by Crippen LogP contribution is 2.27. The molecule has 94 valence electrons. The molecule has 0 unspecified atom stereocenters. The number of ether oxygens (including phenoxy) is 1. The van der Waals surface area contributed by atoms with E-state index in [0.29, 0.717) is 10.7 Å². The summed E-state index contributed by atoms with van der Waals surface area (Å²) in [6, 6.07) is 7.24. The molecule has 0 saturated heterocycles. The number of thiazole rings is 1. The second kappa shape index (κ2) is 5.83. The minimum Gasteiger partial charge on any atom is -0.388 e. The van der Waals surface area contributed by atoms with E-state index in [9.17, 15) is 4.79 Å². The van der Waals surface area contributed by atoms with E-state index in [0.717, 1.165) is 4.47 Å². The van der Waals surface area contributed by atoms with Gasteiger partial charge in [-0.05, 0) is 18.2 Å². The van der Waals surface area contributed by atoms with Crippen molar-refractivity contribution in [2.75, 3.05) is 17.7 Å². The SMILES string of the molecule is CNc1scnc1OC(=O)Nc1cccc(Br)c1. The Morgan fingerprint density at radius 3 is 3.06 bits per heavy atom. The number of hydrogen-bond donors (Lipinski definition) is 2. The van der Waals surface area contributed by atoms with Crippen LogP contribution >= 0.6 is 27.3 Å². The fourth-order valence-corrected chi connectivity index (χ4v) is 2.24. The lowest BCUT2D eigenvalue weighted by atomic mass is 10.3. The zero-order valence-corrected chi connectivity index (χ0v) is 11.8. The highest BCUT2D eigenvalue weighted by atomic mass is 79.9. The number of aromatic nitrogens is 1. The molecule has 1 amide bonds. The van der Waals surface area contributed by atoms with Crippen molar-refractivity contribution in [1.82, 2.24) is 4.98 Å². The van der Waals surface area contributed by atoms with Crippen LogP contribution < -0.4 is 15.4 Å². The molecule has 1 heterocycles. The maximum absolute atomic E-state index is 11.6. The average molecular weight is 328 g/mol. The van der Waals surface area contributed by atoms with E-state index in [1.54, 1.807) is 24.7 Å². The number of nitrogens with one attached hydrogen (secondary N) is 2. The lowest BCUT2D eigenvalue weighted by molar-refractivity contribution is 0.214. The Bertz CT molecular complexity index is 559. The van der Waals surface area contributed by atoms with Crippen LogP contribution in [0.5, 0.6) is 5.88 Å². The number of carbonyl (C=O) groups excluding carboxylic acids is 1.